The number of ether oxygens (including phenoxy) is 2. The zero-order chi connectivity index (χ0) is 15.3. The third kappa shape index (κ3) is 5.51. The lowest BCUT2D eigenvalue weighted by Crippen LogP contribution is -2.53. The Labute approximate surface area is 130 Å². The lowest BCUT2D eigenvalue weighted by molar-refractivity contribution is -0.0406. The van der Waals surface area contributed by atoms with E-state index in [-0.39, 0.29) is 11.0 Å². The molecule has 0 bridgehead atoms. The summed E-state index contributed by atoms with van der Waals surface area (Å²) in [6.45, 7) is 12.6. The van der Waals surface area contributed by atoms with Gasteiger partial charge in [-0.1, -0.05) is 0 Å². The van der Waals surface area contributed by atoms with E-state index < -0.39 is 0 Å². The normalized spacial score (nSPS) is 29.0. The molecule has 4 heteroatoms. The van der Waals surface area contributed by atoms with Crippen LogP contribution in [0.2, 0.25) is 0 Å². The Morgan fingerprint density at radius 1 is 1.14 bits per heavy atom. The van der Waals surface area contributed by atoms with E-state index in [1.54, 1.807) is 0 Å². The summed E-state index contributed by atoms with van der Waals surface area (Å²) in [5, 5.41) is 3.71. The molecule has 0 saturated carbocycles. The van der Waals surface area contributed by atoms with Crippen molar-refractivity contribution in [3.05, 3.63) is 0 Å². The second kappa shape index (κ2) is 7.40. The molecule has 124 valence electrons. The summed E-state index contributed by atoms with van der Waals surface area (Å²) >= 11 is 0. The van der Waals surface area contributed by atoms with Crippen LogP contribution in [-0.4, -0.2) is 63.0 Å². The summed E-state index contributed by atoms with van der Waals surface area (Å²) in [5.74, 6) is 0. The van der Waals surface area contributed by atoms with Crippen LogP contribution in [0, 0.1) is 5.41 Å². The number of hydrogen-bond donors (Lipinski definition) is 1. The highest BCUT2D eigenvalue weighted by Crippen LogP contribution is 2.31. The third-order valence-electron chi connectivity index (χ3n) is 4.80. The average Bonchev–Trinajstić information content (AvgIpc) is 2.46. The molecule has 0 amide bonds. The van der Waals surface area contributed by atoms with Gasteiger partial charge in [-0.15, -0.1) is 0 Å². The molecule has 2 aliphatic rings. The molecular weight excluding hydrogens is 264 g/mol. The van der Waals surface area contributed by atoms with Gasteiger partial charge in [0.05, 0.1) is 6.61 Å². The maximum absolute atomic E-state index is 5.85. The maximum Gasteiger partial charge on any atom is 0.0546 e. The Morgan fingerprint density at radius 2 is 1.86 bits per heavy atom. The molecule has 1 atom stereocenters. The standard InChI is InChI=1S/C17H34N2O2/c1-16(2,3)18-12-17(8-5-9-21-14-17)13-19(4)15-6-10-20-11-7-15/h15,18H,5-14H2,1-4H3. The van der Waals surface area contributed by atoms with E-state index in [2.05, 4.69) is 38.0 Å². The highest BCUT2D eigenvalue weighted by molar-refractivity contribution is 4.90. The molecule has 2 fully saturated rings. The molecular formula is C17H34N2O2. The lowest BCUT2D eigenvalue weighted by atomic mass is 9.80. The summed E-state index contributed by atoms with van der Waals surface area (Å²) in [6.07, 6.45) is 4.79. The fourth-order valence-corrected chi connectivity index (χ4v) is 3.47. The molecule has 0 aromatic heterocycles. The second-order valence-electron chi connectivity index (χ2n) is 8.02. The molecule has 2 heterocycles. The summed E-state index contributed by atoms with van der Waals surface area (Å²) in [6, 6.07) is 0.673. The van der Waals surface area contributed by atoms with Crippen LogP contribution in [0.25, 0.3) is 0 Å². The molecule has 0 aliphatic carbocycles. The van der Waals surface area contributed by atoms with Crippen LogP contribution in [-0.2, 0) is 9.47 Å². The molecule has 0 spiro atoms. The average molecular weight is 298 g/mol. The number of rotatable bonds is 5. The van der Waals surface area contributed by atoms with E-state index in [1.165, 1.54) is 25.7 Å². The molecule has 0 radical (unpaired) electrons. The lowest BCUT2D eigenvalue weighted by Gasteiger charge is -2.44. The van der Waals surface area contributed by atoms with Crippen molar-refractivity contribution in [2.24, 2.45) is 5.41 Å². The van der Waals surface area contributed by atoms with Crippen LogP contribution in [0.4, 0.5) is 0 Å². The van der Waals surface area contributed by atoms with Gasteiger partial charge in [0, 0.05) is 49.9 Å². The van der Waals surface area contributed by atoms with E-state index in [9.17, 15) is 0 Å². The largest absolute Gasteiger partial charge is 0.381 e. The smallest absolute Gasteiger partial charge is 0.0546 e. The Hall–Kier alpha value is -0.160. The highest BCUT2D eigenvalue weighted by Gasteiger charge is 2.36. The van der Waals surface area contributed by atoms with Gasteiger partial charge in [0.2, 0.25) is 0 Å². The van der Waals surface area contributed by atoms with E-state index in [0.29, 0.717) is 6.04 Å². The van der Waals surface area contributed by atoms with Crippen LogP contribution in [0.15, 0.2) is 0 Å². The molecule has 1 unspecified atom stereocenters. The third-order valence-corrected chi connectivity index (χ3v) is 4.80. The first kappa shape index (κ1) is 17.2. The summed E-state index contributed by atoms with van der Waals surface area (Å²) < 4.78 is 11.3. The predicted molar refractivity (Wildman–Crippen MR) is 86.7 cm³/mol. The number of nitrogens with zero attached hydrogens (tertiary/aromatic N) is 1. The van der Waals surface area contributed by atoms with Gasteiger partial charge in [-0.2, -0.15) is 0 Å². The van der Waals surface area contributed by atoms with E-state index in [1.807, 2.05) is 0 Å². The predicted octanol–water partition coefficient (Wildman–Crippen LogP) is 2.28. The van der Waals surface area contributed by atoms with Gasteiger partial charge in [-0.3, -0.25) is 0 Å². The topological polar surface area (TPSA) is 33.7 Å². The van der Waals surface area contributed by atoms with E-state index in [4.69, 9.17) is 9.47 Å². The van der Waals surface area contributed by atoms with Gasteiger partial charge >= 0.3 is 0 Å². The Kier molecular flexibility index (Phi) is 6.06. The van der Waals surface area contributed by atoms with Crippen molar-refractivity contribution in [3.8, 4) is 0 Å². The van der Waals surface area contributed by atoms with Gasteiger partial charge < -0.3 is 19.7 Å². The zero-order valence-corrected chi connectivity index (χ0v) is 14.4. The summed E-state index contributed by atoms with van der Waals surface area (Å²) in [7, 11) is 2.28. The zero-order valence-electron chi connectivity index (χ0n) is 14.4. The highest BCUT2D eigenvalue weighted by atomic mass is 16.5. The van der Waals surface area contributed by atoms with Crippen molar-refractivity contribution in [1.29, 1.82) is 0 Å². The first-order valence-corrected chi connectivity index (χ1v) is 8.51. The van der Waals surface area contributed by atoms with Gasteiger partial charge in [0.1, 0.15) is 0 Å². The Bertz CT molecular complexity index is 302. The van der Waals surface area contributed by atoms with Crippen molar-refractivity contribution in [3.63, 3.8) is 0 Å². The first-order valence-electron chi connectivity index (χ1n) is 8.51. The van der Waals surface area contributed by atoms with Crippen LogP contribution in [0.5, 0.6) is 0 Å². The fourth-order valence-electron chi connectivity index (χ4n) is 3.47. The molecule has 21 heavy (non-hydrogen) atoms. The Morgan fingerprint density at radius 3 is 2.43 bits per heavy atom. The van der Waals surface area contributed by atoms with Crippen molar-refractivity contribution in [2.45, 2.75) is 58.0 Å². The molecule has 2 aliphatic heterocycles. The van der Waals surface area contributed by atoms with Crippen LogP contribution < -0.4 is 5.32 Å². The molecule has 0 aromatic carbocycles. The minimum atomic E-state index is 0.168. The van der Waals surface area contributed by atoms with Gasteiger partial charge in [0.15, 0.2) is 0 Å². The van der Waals surface area contributed by atoms with Gasteiger partial charge in [0.25, 0.3) is 0 Å². The Balaban J connectivity index is 1.94. The first-order chi connectivity index (χ1) is 9.90. The minimum absolute atomic E-state index is 0.168. The maximum atomic E-state index is 5.85. The monoisotopic (exact) mass is 298 g/mol. The molecule has 2 saturated heterocycles. The van der Waals surface area contributed by atoms with E-state index in [0.717, 1.165) is 39.5 Å². The minimum Gasteiger partial charge on any atom is -0.381 e. The van der Waals surface area contributed by atoms with E-state index >= 15 is 0 Å². The molecule has 2 rings (SSSR count). The molecule has 1 N–H and O–H groups in total. The summed E-state index contributed by atoms with van der Waals surface area (Å²) in [4.78, 5) is 2.56. The molecule has 0 aromatic rings. The van der Waals surface area contributed by atoms with Crippen molar-refractivity contribution < 1.29 is 9.47 Å². The van der Waals surface area contributed by atoms with Crippen LogP contribution >= 0.6 is 0 Å². The number of hydrogen-bond acceptors (Lipinski definition) is 4. The SMILES string of the molecule is CN(CC1(CNC(C)(C)C)CCCOC1)C1CCOCC1. The van der Waals surface area contributed by atoms with Crippen LogP contribution in [0.3, 0.4) is 0 Å². The fraction of sp³-hybridized carbons (Fsp3) is 1.00. The number of nitrogens with one attached hydrogen (secondary N) is 1. The molecule has 4 nitrogen and oxygen atoms in total. The van der Waals surface area contributed by atoms with Gasteiger partial charge in [-0.05, 0) is 53.5 Å². The summed E-state index contributed by atoms with van der Waals surface area (Å²) in [5.41, 5.74) is 0.431. The quantitative estimate of drug-likeness (QED) is 0.844. The van der Waals surface area contributed by atoms with Crippen molar-refractivity contribution in [1.82, 2.24) is 10.2 Å². The van der Waals surface area contributed by atoms with Crippen LogP contribution in [0.1, 0.15) is 46.5 Å². The van der Waals surface area contributed by atoms with Crippen molar-refractivity contribution in [2.75, 3.05) is 46.6 Å². The van der Waals surface area contributed by atoms with Crippen molar-refractivity contribution >= 4 is 0 Å². The van der Waals surface area contributed by atoms with Gasteiger partial charge in [-0.25, -0.2) is 0 Å². The second-order valence-corrected chi connectivity index (χ2v) is 8.02.